The minimum Gasteiger partial charge on any atom is -0.376 e. The summed E-state index contributed by atoms with van der Waals surface area (Å²) < 4.78 is 12.4. The molecule has 0 bridgehead atoms. The van der Waals surface area contributed by atoms with Crippen molar-refractivity contribution in [2.24, 2.45) is 0 Å². The van der Waals surface area contributed by atoms with E-state index >= 15 is 0 Å². The van der Waals surface area contributed by atoms with Crippen LogP contribution in [-0.4, -0.2) is 25.4 Å². The Morgan fingerprint density at radius 2 is 2.30 bits per heavy atom. The molecule has 0 amide bonds. The van der Waals surface area contributed by atoms with Gasteiger partial charge in [0.1, 0.15) is 0 Å². The Labute approximate surface area is 130 Å². The first-order valence-corrected chi connectivity index (χ1v) is 8.14. The summed E-state index contributed by atoms with van der Waals surface area (Å²) in [6.07, 6.45) is 2.58. The van der Waals surface area contributed by atoms with Crippen molar-refractivity contribution in [2.75, 3.05) is 13.2 Å². The Balaban J connectivity index is 1.79. The lowest BCUT2D eigenvalue weighted by Gasteiger charge is -2.12. The zero-order valence-corrected chi connectivity index (χ0v) is 13.9. The standard InChI is InChI=1S/C16H24BrNO2/c1-12(2)18-9-13-5-6-14(16(17)8-13)10-19-11-15-4-3-7-20-15/h5-6,8,12,15,18H,3-4,7,9-11H2,1-2H3. The number of ether oxygens (including phenoxy) is 2. The molecule has 1 atom stereocenters. The van der Waals surface area contributed by atoms with Gasteiger partial charge in [0.2, 0.25) is 0 Å². The molecular formula is C16H24BrNO2. The molecule has 112 valence electrons. The first-order chi connectivity index (χ1) is 9.65. The molecule has 1 fully saturated rings. The van der Waals surface area contributed by atoms with E-state index in [1.165, 1.54) is 11.1 Å². The van der Waals surface area contributed by atoms with Crippen LogP contribution in [0, 0.1) is 0 Å². The van der Waals surface area contributed by atoms with Gasteiger partial charge in [-0.25, -0.2) is 0 Å². The molecule has 1 heterocycles. The first-order valence-electron chi connectivity index (χ1n) is 7.35. The molecule has 1 aliphatic rings. The highest BCUT2D eigenvalue weighted by atomic mass is 79.9. The third-order valence-electron chi connectivity index (χ3n) is 3.42. The summed E-state index contributed by atoms with van der Waals surface area (Å²) in [5, 5.41) is 3.42. The van der Waals surface area contributed by atoms with Gasteiger partial charge in [-0.1, -0.05) is 41.9 Å². The van der Waals surface area contributed by atoms with Crippen molar-refractivity contribution in [3.63, 3.8) is 0 Å². The van der Waals surface area contributed by atoms with Gasteiger partial charge in [0.05, 0.1) is 19.3 Å². The second-order valence-electron chi connectivity index (χ2n) is 5.61. The fourth-order valence-electron chi connectivity index (χ4n) is 2.22. The Hall–Kier alpha value is -0.420. The Bertz CT molecular complexity index is 417. The minimum absolute atomic E-state index is 0.295. The van der Waals surface area contributed by atoms with Gasteiger partial charge in [-0.3, -0.25) is 0 Å². The average molecular weight is 342 g/mol. The van der Waals surface area contributed by atoms with Gasteiger partial charge < -0.3 is 14.8 Å². The monoisotopic (exact) mass is 341 g/mol. The molecule has 2 rings (SSSR count). The van der Waals surface area contributed by atoms with E-state index in [2.05, 4.69) is 53.3 Å². The van der Waals surface area contributed by atoms with Gasteiger partial charge in [-0.2, -0.15) is 0 Å². The summed E-state index contributed by atoms with van der Waals surface area (Å²) in [5.74, 6) is 0. The second-order valence-corrected chi connectivity index (χ2v) is 6.47. The van der Waals surface area contributed by atoms with Crippen molar-refractivity contribution in [1.29, 1.82) is 0 Å². The van der Waals surface area contributed by atoms with E-state index in [9.17, 15) is 0 Å². The van der Waals surface area contributed by atoms with Crippen molar-refractivity contribution in [1.82, 2.24) is 5.32 Å². The summed E-state index contributed by atoms with van der Waals surface area (Å²) in [6.45, 7) is 7.43. The second kappa shape index (κ2) is 8.13. The molecule has 1 N–H and O–H groups in total. The lowest BCUT2D eigenvalue weighted by atomic mass is 10.1. The van der Waals surface area contributed by atoms with Crippen LogP contribution >= 0.6 is 15.9 Å². The van der Waals surface area contributed by atoms with E-state index in [0.717, 1.165) is 30.5 Å². The zero-order chi connectivity index (χ0) is 14.4. The van der Waals surface area contributed by atoms with E-state index < -0.39 is 0 Å². The lowest BCUT2D eigenvalue weighted by molar-refractivity contribution is 0.0104. The maximum atomic E-state index is 5.75. The molecule has 1 aromatic carbocycles. The SMILES string of the molecule is CC(C)NCc1ccc(COCC2CCCO2)c(Br)c1. The topological polar surface area (TPSA) is 30.5 Å². The van der Waals surface area contributed by atoms with E-state index in [1.54, 1.807) is 0 Å². The van der Waals surface area contributed by atoms with E-state index in [0.29, 0.717) is 25.4 Å². The largest absolute Gasteiger partial charge is 0.376 e. The molecule has 0 saturated carbocycles. The zero-order valence-electron chi connectivity index (χ0n) is 12.3. The van der Waals surface area contributed by atoms with Crippen molar-refractivity contribution < 1.29 is 9.47 Å². The van der Waals surface area contributed by atoms with Crippen LogP contribution in [0.3, 0.4) is 0 Å². The van der Waals surface area contributed by atoms with Gasteiger partial charge >= 0.3 is 0 Å². The van der Waals surface area contributed by atoms with E-state index in [4.69, 9.17) is 9.47 Å². The summed E-state index contributed by atoms with van der Waals surface area (Å²) in [6, 6.07) is 6.96. The summed E-state index contributed by atoms with van der Waals surface area (Å²) >= 11 is 3.63. The number of rotatable bonds is 7. The highest BCUT2D eigenvalue weighted by Crippen LogP contribution is 2.20. The molecule has 3 nitrogen and oxygen atoms in total. The van der Waals surface area contributed by atoms with Crippen LogP contribution in [-0.2, 0) is 22.6 Å². The van der Waals surface area contributed by atoms with Crippen LogP contribution in [0.1, 0.15) is 37.8 Å². The van der Waals surface area contributed by atoms with Crippen LogP contribution in [0.2, 0.25) is 0 Å². The Morgan fingerprint density at radius 3 is 2.95 bits per heavy atom. The van der Waals surface area contributed by atoms with Gasteiger partial charge in [0, 0.05) is 23.7 Å². The fraction of sp³-hybridized carbons (Fsp3) is 0.625. The van der Waals surface area contributed by atoms with E-state index in [1.807, 2.05) is 0 Å². The first kappa shape index (κ1) is 16.0. The molecule has 0 aromatic heterocycles. The van der Waals surface area contributed by atoms with Crippen LogP contribution < -0.4 is 5.32 Å². The predicted molar refractivity (Wildman–Crippen MR) is 84.7 cm³/mol. The van der Waals surface area contributed by atoms with Gasteiger partial charge in [0.25, 0.3) is 0 Å². The van der Waals surface area contributed by atoms with Crippen LogP contribution in [0.25, 0.3) is 0 Å². The normalized spacial score (nSPS) is 18.9. The summed E-state index contributed by atoms with van der Waals surface area (Å²) in [7, 11) is 0. The molecule has 0 aliphatic carbocycles. The highest BCUT2D eigenvalue weighted by Gasteiger charge is 2.15. The predicted octanol–water partition coefficient (Wildman–Crippen LogP) is 3.64. The quantitative estimate of drug-likeness (QED) is 0.821. The van der Waals surface area contributed by atoms with Crippen molar-refractivity contribution in [2.45, 2.75) is 52.0 Å². The van der Waals surface area contributed by atoms with E-state index in [-0.39, 0.29) is 0 Å². The molecule has 1 aliphatic heterocycles. The number of benzene rings is 1. The summed E-state index contributed by atoms with van der Waals surface area (Å²) in [5.41, 5.74) is 2.48. The molecule has 1 unspecified atom stereocenters. The lowest BCUT2D eigenvalue weighted by Crippen LogP contribution is -2.21. The van der Waals surface area contributed by atoms with Crippen LogP contribution in [0.5, 0.6) is 0 Å². The molecule has 1 aromatic rings. The number of halogens is 1. The number of hydrogen-bond acceptors (Lipinski definition) is 3. The molecule has 1 saturated heterocycles. The molecular weight excluding hydrogens is 318 g/mol. The Morgan fingerprint density at radius 1 is 1.45 bits per heavy atom. The maximum Gasteiger partial charge on any atom is 0.0809 e. The Kier molecular flexibility index (Phi) is 6.49. The average Bonchev–Trinajstić information content (AvgIpc) is 2.92. The van der Waals surface area contributed by atoms with Gasteiger partial charge in [0.15, 0.2) is 0 Å². The van der Waals surface area contributed by atoms with Crippen molar-refractivity contribution >= 4 is 15.9 Å². The third kappa shape index (κ3) is 5.17. The van der Waals surface area contributed by atoms with Crippen LogP contribution in [0.4, 0.5) is 0 Å². The molecule has 4 heteroatoms. The minimum atomic E-state index is 0.295. The fourth-order valence-corrected chi connectivity index (χ4v) is 2.76. The number of nitrogens with one attached hydrogen (secondary N) is 1. The molecule has 20 heavy (non-hydrogen) atoms. The van der Waals surface area contributed by atoms with Gasteiger partial charge in [-0.05, 0) is 30.0 Å². The van der Waals surface area contributed by atoms with Crippen molar-refractivity contribution in [3.8, 4) is 0 Å². The van der Waals surface area contributed by atoms with Gasteiger partial charge in [-0.15, -0.1) is 0 Å². The summed E-state index contributed by atoms with van der Waals surface area (Å²) in [4.78, 5) is 0. The maximum absolute atomic E-state index is 5.75. The highest BCUT2D eigenvalue weighted by molar-refractivity contribution is 9.10. The third-order valence-corrected chi connectivity index (χ3v) is 4.16. The smallest absolute Gasteiger partial charge is 0.0809 e. The van der Waals surface area contributed by atoms with Crippen LogP contribution in [0.15, 0.2) is 22.7 Å². The van der Waals surface area contributed by atoms with Crippen molar-refractivity contribution in [3.05, 3.63) is 33.8 Å². The number of hydrogen-bond donors (Lipinski definition) is 1. The molecule has 0 spiro atoms. The molecule has 0 radical (unpaired) electrons.